The van der Waals surface area contributed by atoms with Crippen molar-refractivity contribution in [3.63, 3.8) is 0 Å². The number of hydrogen-bond acceptors (Lipinski definition) is 3. The Hall–Kier alpha value is -2.81. The summed E-state index contributed by atoms with van der Waals surface area (Å²) in [5, 5.41) is 1.06. The number of fused-ring (bicyclic) bond motifs is 2. The molecule has 1 fully saturated rings. The standard InChI is InChI=1S/C21H19ClF3N5O/c22-19-14-10-26-7-4-15(14)28(9-1-6-21(23,24)25)18(19)12-29-17-11-27-8-5-16(17)30(20(29)31)13-2-3-13/h4-5,7-8,10-11,13H,1-3,6,9,12H2. The van der Waals surface area contributed by atoms with Gasteiger partial charge in [0.25, 0.3) is 0 Å². The summed E-state index contributed by atoms with van der Waals surface area (Å²) in [7, 11) is 0. The van der Waals surface area contributed by atoms with E-state index in [1.807, 2.05) is 6.07 Å². The minimum atomic E-state index is -4.23. The van der Waals surface area contributed by atoms with Gasteiger partial charge in [0.2, 0.25) is 0 Å². The molecule has 0 aromatic carbocycles. The Morgan fingerprint density at radius 2 is 1.74 bits per heavy atom. The van der Waals surface area contributed by atoms with Crippen LogP contribution in [-0.4, -0.2) is 29.8 Å². The van der Waals surface area contributed by atoms with Crippen LogP contribution in [0.25, 0.3) is 21.9 Å². The van der Waals surface area contributed by atoms with Crippen LogP contribution in [0.1, 0.15) is 37.4 Å². The number of pyridine rings is 2. The highest BCUT2D eigenvalue weighted by molar-refractivity contribution is 6.36. The number of imidazole rings is 1. The van der Waals surface area contributed by atoms with Crippen LogP contribution in [-0.2, 0) is 13.1 Å². The summed E-state index contributed by atoms with van der Waals surface area (Å²) >= 11 is 6.65. The van der Waals surface area contributed by atoms with E-state index in [2.05, 4.69) is 9.97 Å². The van der Waals surface area contributed by atoms with Crippen molar-refractivity contribution in [3.8, 4) is 0 Å². The van der Waals surface area contributed by atoms with Crippen LogP contribution in [0.2, 0.25) is 5.02 Å². The first-order valence-electron chi connectivity index (χ1n) is 10.1. The average Bonchev–Trinajstić information content (AvgIpc) is 3.48. The zero-order valence-electron chi connectivity index (χ0n) is 16.4. The smallest absolute Gasteiger partial charge is 0.342 e. The van der Waals surface area contributed by atoms with Gasteiger partial charge < -0.3 is 4.57 Å². The molecular weight excluding hydrogens is 431 g/mol. The molecule has 162 valence electrons. The third kappa shape index (κ3) is 3.60. The number of nitrogens with zero attached hydrogens (tertiary/aromatic N) is 5. The minimum Gasteiger partial charge on any atom is -0.342 e. The highest BCUT2D eigenvalue weighted by Gasteiger charge is 2.30. The predicted molar refractivity (Wildman–Crippen MR) is 111 cm³/mol. The minimum absolute atomic E-state index is 0.0841. The lowest BCUT2D eigenvalue weighted by atomic mass is 10.3. The first kappa shape index (κ1) is 20.1. The van der Waals surface area contributed by atoms with E-state index in [0.29, 0.717) is 27.1 Å². The topological polar surface area (TPSA) is 57.6 Å². The van der Waals surface area contributed by atoms with Crippen molar-refractivity contribution in [1.29, 1.82) is 0 Å². The number of aromatic nitrogens is 5. The van der Waals surface area contributed by atoms with Gasteiger partial charge in [-0.25, -0.2) is 4.79 Å². The molecule has 0 aliphatic heterocycles. The summed E-state index contributed by atoms with van der Waals surface area (Å²) < 4.78 is 43.4. The Morgan fingerprint density at radius 1 is 1.03 bits per heavy atom. The fraction of sp³-hybridized carbons (Fsp3) is 0.381. The molecule has 1 aliphatic rings. The van der Waals surface area contributed by atoms with Crippen molar-refractivity contribution >= 4 is 33.5 Å². The average molecular weight is 450 g/mol. The lowest BCUT2D eigenvalue weighted by molar-refractivity contribution is -0.135. The van der Waals surface area contributed by atoms with Crippen LogP contribution in [0.4, 0.5) is 13.2 Å². The second kappa shape index (κ2) is 7.40. The maximum absolute atomic E-state index is 13.2. The van der Waals surface area contributed by atoms with Crippen LogP contribution in [0.3, 0.4) is 0 Å². The largest absolute Gasteiger partial charge is 0.389 e. The molecule has 0 spiro atoms. The van der Waals surface area contributed by atoms with Gasteiger partial charge in [-0.2, -0.15) is 13.2 Å². The van der Waals surface area contributed by atoms with Gasteiger partial charge in [-0.3, -0.25) is 19.1 Å². The molecule has 0 radical (unpaired) electrons. The molecular formula is C21H19ClF3N5O. The molecule has 0 unspecified atom stereocenters. The molecule has 4 aromatic heterocycles. The molecule has 10 heteroatoms. The third-order valence-corrected chi connectivity index (χ3v) is 6.15. The van der Waals surface area contributed by atoms with E-state index < -0.39 is 12.6 Å². The fourth-order valence-corrected chi connectivity index (χ4v) is 4.48. The summed E-state index contributed by atoms with van der Waals surface area (Å²) in [4.78, 5) is 21.5. The van der Waals surface area contributed by atoms with Crippen molar-refractivity contribution in [2.75, 3.05) is 0 Å². The van der Waals surface area contributed by atoms with E-state index in [0.717, 1.165) is 18.4 Å². The molecule has 6 nitrogen and oxygen atoms in total. The molecule has 0 amide bonds. The van der Waals surface area contributed by atoms with Gasteiger partial charge in [0.15, 0.2) is 0 Å². The van der Waals surface area contributed by atoms with E-state index in [1.54, 1.807) is 44.6 Å². The molecule has 1 aliphatic carbocycles. The van der Waals surface area contributed by atoms with E-state index in [9.17, 15) is 18.0 Å². The van der Waals surface area contributed by atoms with Crippen LogP contribution < -0.4 is 5.69 Å². The van der Waals surface area contributed by atoms with Crippen molar-refractivity contribution in [3.05, 3.63) is 58.1 Å². The number of hydrogen-bond donors (Lipinski definition) is 0. The zero-order chi connectivity index (χ0) is 21.8. The second-order valence-electron chi connectivity index (χ2n) is 7.86. The Balaban J connectivity index is 1.61. The first-order chi connectivity index (χ1) is 14.8. The molecule has 1 saturated carbocycles. The number of alkyl halides is 3. The Labute approximate surface area is 179 Å². The van der Waals surface area contributed by atoms with Crippen molar-refractivity contribution < 1.29 is 13.2 Å². The van der Waals surface area contributed by atoms with E-state index in [1.165, 1.54) is 0 Å². The molecule has 4 aromatic rings. The van der Waals surface area contributed by atoms with E-state index in [-0.39, 0.29) is 31.2 Å². The maximum atomic E-state index is 13.2. The van der Waals surface area contributed by atoms with Crippen LogP contribution in [0.5, 0.6) is 0 Å². The highest BCUT2D eigenvalue weighted by Crippen LogP contribution is 2.37. The SMILES string of the molecule is O=c1n(Cc2c(Cl)c3cnccc3n2CCCC(F)(F)F)c2cnccc2n1C1CC1. The Kier molecular flexibility index (Phi) is 4.80. The van der Waals surface area contributed by atoms with Crippen LogP contribution in [0.15, 0.2) is 41.7 Å². The summed E-state index contributed by atoms with van der Waals surface area (Å²) in [6.07, 6.45) is 3.17. The molecule has 31 heavy (non-hydrogen) atoms. The van der Waals surface area contributed by atoms with Crippen LogP contribution in [0, 0.1) is 0 Å². The zero-order valence-corrected chi connectivity index (χ0v) is 17.2. The van der Waals surface area contributed by atoms with Gasteiger partial charge in [0.1, 0.15) is 0 Å². The van der Waals surface area contributed by atoms with Crippen molar-refractivity contribution in [2.24, 2.45) is 0 Å². The molecule has 0 atom stereocenters. The molecule has 0 N–H and O–H groups in total. The summed E-state index contributed by atoms with van der Waals surface area (Å²) in [6, 6.07) is 3.72. The van der Waals surface area contributed by atoms with Crippen molar-refractivity contribution in [1.82, 2.24) is 23.7 Å². The molecule has 0 saturated heterocycles. The van der Waals surface area contributed by atoms with Gasteiger partial charge in [-0.15, -0.1) is 0 Å². The quantitative estimate of drug-likeness (QED) is 0.419. The second-order valence-corrected chi connectivity index (χ2v) is 8.24. The summed E-state index contributed by atoms with van der Waals surface area (Å²) in [5.41, 5.74) is 2.62. The molecule has 4 heterocycles. The number of aryl methyl sites for hydroxylation is 1. The summed E-state index contributed by atoms with van der Waals surface area (Å²) in [6.45, 7) is 0.274. The number of halogens is 4. The first-order valence-corrected chi connectivity index (χ1v) is 10.4. The van der Waals surface area contributed by atoms with E-state index in [4.69, 9.17) is 11.6 Å². The maximum Gasteiger partial charge on any atom is 0.389 e. The van der Waals surface area contributed by atoms with Gasteiger partial charge in [-0.05, 0) is 31.4 Å². The Morgan fingerprint density at radius 3 is 2.45 bits per heavy atom. The summed E-state index contributed by atoms with van der Waals surface area (Å²) in [5.74, 6) is 0. The van der Waals surface area contributed by atoms with Crippen molar-refractivity contribution in [2.45, 2.75) is 51.0 Å². The Bertz CT molecular complexity index is 1330. The fourth-order valence-electron chi connectivity index (χ4n) is 4.17. The van der Waals surface area contributed by atoms with Gasteiger partial charge in [0.05, 0.1) is 40.0 Å². The number of rotatable bonds is 6. The lowest BCUT2D eigenvalue weighted by Crippen LogP contribution is -2.25. The van der Waals surface area contributed by atoms with Crippen LogP contribution >= 0.6 is 11.6 Å². The third-order valence-electron chi connectivity index (χ3n) is 5.73. The monoisotopic (exact) mass is 449 g/mol. The van der Waals surface area contributed by atoms with Gasteiger partial charge in [-0.1, -0.05) is 11.6 Å². The predicted octanol–water partition coefficient (Wildman–Crippen LogP) is 4.93. The van der Waals surface area contributed by atoms with Gasteiger partial charge in [0, 0.05) is 43.0 Å². The highest BCUT2D eigenvalue weighted by atomic mass is 35.5. The molecule has 0 bridgehead atoms. The molecule has 5 rings (SSSR count). The van der Waals surface area contributed by atoms with E-state index >= 15 is 0 Å². The normalized spacial score (nSPS) is 14.7. The van der Waals surface area contributed by atoms with Gasteiger partial charge >= 0.3 is 11.9 Å². The lowest BCUT2D eigenvalue weighted by Gasteiger charge is -2.13.